The summed E-state index contributed by atoms with van der Waals surface area (Å²) in [6.07, 6.45) is 0. The van der Waals surface area contributed by atoms with Crippen LogP contribution in [0, 0.1) is 6.92 Å². The third kappa shape index (κ3) is 3.49. The fourth-order valence-corrected chi connectivity index (χ4v) is 3.36. The van der Waals surface area contributed by atoms with Crippen molar-refractivity contribution in [3.05, 3.63) is 28.3 Å². The van der Waals surface area contributed by atoms with Gasteiger partial charge in [-0.25, -0.2) is 13.2 Å². The Hall–Kier alpha value is -1.15. The molecule has 0 amide bonds. The van der Waals surface area contributed by atoms with Gasteiger partial charge < -0.3 is 9.84 Å². The van der Waals surface area contributed by atoms with Crippen LogP contribution in [0.2, 0.25) is 5.02 Å². The van der Waals surface area contributed by atoms with Gasteiger partial charge in [0, 0.05) is 25.7 Å². The van der Waals surface area contributed by atoms with E-state index >= 15 is 0 Å². The lowest BCUT2D eigenvalue weighted by Gasteiger charge is -2.19. The summed E-state index contributed by atoms with van der Waals surface area (Å²) < 4.78 is 30.7. The molecule has 8 heteroatoms. The fourth-order valence-electron chi connectivity index (χ4n) is 1.65. The van der Waals surface area contributed by atoms with Crippen molar-refractivity contribution < 1.29 is 23.1 Å². The fraction of sp³-hybridized carbons (Fsp3) is 0.417. The molecule has 0 radical (unpaired) electrons. The summed E-state index contributed by atoms with van der Waals surface area (Å²) in [7, 11) is -0.951. The van der Waals surface area contributed by atoms with Gasteiger partial charge in [0.05, 0.1) is 17.1 Å². The molecule has 1 rings (SSSR count). The van der Waals surface area contributed by atoms with Gasteiger partial charge in [-0.15, -0.1) is 0 Å². The van der Waals surface area contributed by atoms with Crippen LogP contribution in [0.4, 0.5) is 0 Å². The minimum absolute atomic E-state index is 0.0618. The van der Waals surface area contributed by atoms with E-state index in [0.717, 1.165) is 4.31 Å². The number of carboxylic acid groups (broad SMARTS) is 1. The van der Waals surface area contributed by atoms with Crippen molar-refractivity contribution in [1.29, 1.82) is 0 Å². The monoisotopic (exact) mass is 321 g/mol. The van der Waals surface area contributed by atoms with Crippen LogP contribution in [0.15, 0.2) is 17.0 Å². The molecule has 0 atom stereocenters. The smallest absolute Gasteiger partial charge is 0.336 e. The summed E-state index contributed by atoms with van der Waals surface area (Å²) in [5.41, 5.74) is 0.0300. The number of ether oxygens (including phenoxy) is 1. The summed E-state index contributed by atoms with van der Waals surface area (Å²) >= 11 is 5.81. The van der Waals surface area contributed by atoms with Crippen LogP contribution in [-0.4, -0.2) is 51.1 Å². The highest BCUT2D eigenvalue weighted by molar-refractivity contribution is 7.89. The SMILES string of the molecule is COCCN(C)S(=O)(=O)c1cc(Cl)cc(C(=O)O)c1C. The molecule has 0 unspecified atom stereocenters. The highest BCUT2D eigenvalue weighted by atomic mass is 35.5. The molecule has 0 saturated carbocycles. The minimum atomic E-state index is -3.81. The third-order valence-electron chi connectivity index (χ3n) is 2.85. The summed E-state index contributed by atoms with van der Waals surface area (Å²) in [5, 5.41) is 9.14. The number of aromatic carboxylic acids is 1. The van der Waals surface area contributed by atoms with Crippen molar-refractivity contribution in [1.82, 2.24) is 4.31 Å². The van der Waals surface area contributed by atoms with E-state index in [4.69, 9.17) is 21.4 Å². The van der Waals surface area contributed by atoms with Gasteiger partial charge >= 0.3 is 5.97 Å². The van der Waals surface area contributed by atoms with Crippen LogP contribution in [0.1, 0.15) is 15.9 Å². The minimum Gasteiger partial charge on any atom is -0.478 e. The second-order valence-electron chi connectivity index (χ2n) is 4.20. The van der Waals surface area contributed by atoms with Crippen LogP contribution in [0.5, 0.6) is 0 Å². The molecule has 0 aliphatic heterocycles. The number of sulfonamides is 1. The number of halogens is 1. The first kappa shape index (κ1) is 16.9. The number of hydrogen-bond donors (Lipinski definition) is 1. The molecule has 0 saturated heterocycles. The zero-order chi connectivity index (χ0) is 15.5. The summed E-state index contributed by atoms with van der Waals surface area (Å²) in [6.45, 7) is 1.84. The molecule has 0 aliphatic carbocycles. The highest BCUT2D eigenvalue weighted by Crippen LogP contribution is 2.26. The lowest BCUT2D eigenvalue weighted by atomic mass is 10.1. The Balaban J connectivity index is 3.35. The number of methoxy groups -OCH3 is 1. The van der Waals surface area contributed by atoms with Gasteiger partial charge in [-0.1, -0.05) is 11.6 Å². The van der Waals surface area contributed by atoms with E-state index in [9.17, 15) is 13.2 Å². The molecule has 1 aromatic carbocycles. The second kappa shape index (κ2) is 6.53. The number of carboxylic acids is 1. The van der Waals surface area contributed by atoms with Crippen LogP contribution in [-0.2, 0) is 14.8 Å². The molecule has 0 spiro atoms. The van der Waals surface area contributed by atoms with Crippen molar-refractivity contribution in [2.75, 3.05) is 27.3 Å². The number of hydrogen-bond acceptors (Lipinski definition) is 4. The first-order valence-electron chi connectivity index (χ1n) is 5.70. The van der Waals surface area contributed by atoms with Crippen molar-refractivity contribution >= 4 is 27.6 Å². The average molecular weight is 322 g/mol. The van der Waals surface area contributed by atoms with Crippen molar-refractivity contribution in [2.45, 2.75) is 11.8 Å². The number of likely N-dealkylation sites (N-methyl/N-ethyl adjacent to an activating group) is 1. The van der Waals surface area contributed by atoms with Crippen molar-refractivity contribution in [3.8, 4) is 0 Å². The van der Waals surface area contributed by atoms with E-state index in [1.807, 2.05) is 0 Å². The highest BCUT2D eigenvalue weighted by Gasteiger charge is 2.25. The molecule has 0 aliphatic rings. The molecule has 6 nitrogen and oxygen atoms in total. The molecule has 1 N–H and O–H groups in total. The maximum Gasteiger partial charge on any atom is 0.336 e. The molecule has 0 bridgehead atoms. The Kier molecular flexibility index (Phi) is 5.52. The van der Waals surface area contributed by atoms with Gasteiger partial charge in [-0.2, -0.15) is 4.31 Å². The number of nitrogens with zero attached hydrogens (tertiary/aromatic N) is 1. The summed E-state index contributed by atoms with van der Waals surface area (Å²) in [4.78, 5) is 11.0. The van der Waals surface area contributed by atoms with E-state index in [0.29, 0.717) is 0 Å². The van der Waals surface area contributed by atoms with Gasteiger partial charge in [0.25, 0.3) is 0 Å². The largest absolute Gasteiger partial charge is 0.478 e. The maximum atomic E-state index is 12.4. The van der Waals surface area contributed by atoms with E-state index in [-0.39, 0.29) is 34.2 Å². The van der Waals surface area contributed by atoms with Crippen LogP contribution < -0.4 is 0 Å². The molecule has 1 aromatic rings. The average Bonchev–Trinajstić information content (AvgIpc) is 2.37. The predicted octanol–water partition coefficient (Wildman–Crippen LogP) is 1.61. The molecule has 0 fully saturated rings. The third-order valence-corrected chi connectivity index (χ3v) is 5.06. The summed E-state index contributed by atoms with van der Waals surface area (Å²) in [6, 6.07) is 2.48. The standard InChI is InChI=1S/C12H16ClNO5S/c1-8-10(12(15)16)6-9(13)7-11(8)20(17,18)14(2)4-5-19-3/h6-7H,4-5H2,1-3H3,(H,15,16). The lowest BCUT2D eigenvalue weighted by Crippen LogP contribution is -2.30. The number of carbonyl (C=O) groups is 1. The first-order chi connectivity index (χ1) is 9.21. The first-order valence-corrected chi connectivity index (χ1v) is 7.52. The normalized spacial score (nSPS) is 11.8. The summed E-state index contributed by atoms with van der Waals surface area (Å²) in [5.74, 6) is -1.22. The Morgan fingerprint density at radius 1 is 1.45 bits per heavy atom. The van der Waals surface area contributed by atoms with E-state index in [1.54, 1.807) is 0 Å². The number of rotatable bonds is 6. The Morgan fingerprint density at radius 3 is 2.55 bits per heavy atom. The Labute approximate surface area is 123 Å². The van der Waals surface area contributed by atoms with Crippen LogP contribution in [0.25, 0.3) is 0 Å². The van der Waals surface area contributed by atoms with Crippen molar-refractivity contribution in [2.24, 2.45) is 0 Å². The van der Waals surface area contributed by atoms with E-state index in [1.165, 1.54) is 33.2 Å². The molecule has 112 valence electrons. The molecule has 0 aromatic heterocycles. The van der Waals surface area contributed by atoms with Crippen LogP contribution >= 0.6 is 11.6 Å². The number of benzene rings is 1. The van der Waals surface area contributed by atoms with Gasteiger partial charge in [0.1, 0.15) is 0 Å². The predicted molar refractivity (Wildman–Crippen MR) is 74.8 cm³/mol. The van der Waals surface area contributed by atoms with Gasteiger partial charge in [0.15, 0.2) is 0 Å². The quantitative estimate of drug-likeness (QED) is 0.860. The zero-order valence-corrected chi connectivity index (χ0v) is 13.0. The Morgan fingerprint density at radius 2 is 2.05 bits per heavy atom. The van der Waals surface area contributed by atoms with Crippen LogP contribution in [0.3, 0.4) is 0 Å². The van der Waals surface area contributed by atoms with E-state index in [2.05, 4.69) is 0 Å². The van der Waals surface area contributed by atoms with Crippen molar-refractivity contribution in [3.63, 3.8) is 0 Å². The zero-order valence-electron chi connectivity index (χ0n) is 11.4. The Bertz CT molecular complexity index is 615. The molecular weight excluding hydrogens is 306 g/mol. The second-order valence-corrected chi connectivity index (χ2v) is 6.65. The van der Waals surface area contributed by atoms with Gasteiger partial charge in [0.2, 0.25) is 10.0 Å². The molecule has 20 heavy (non-hydrogen) atoms. The van der Waals surface area contributed by atoms with Gasteiger partial charge in [-0.05, 0) is 24.6 Å². The maximum absolute atomic E-state index is 12.4. The van der Waals surface area contributed by atoms with Gasteiger partial charge in [-0.3, -0.25) is 0 Å². The lowest BCUT2D eigenvalue weighted by molar-refractivity contribution is 0.0695. The van der Waals surface area contributed by atoms with E-state index < -0.39 is 16.0 Å². The molecular formula is C12H16ClNO5S. The molecule has 0 heterocycles. The topological polar surface area (TPSA) is 83.9 Å².